The number of hydrogen-bond donors (Lipinski definition) is 3. The SMILES string of the molecule is Cc1cccc(C)c1NC(=O)N1CCN(Cc2nc(N[C@H](C(N)=O)C(C)C)c3ccccc3n2)CC1. The summed E-state index contributed by atoms with van der Waals surface area (Å²) in [6.07, 6.45) is 0. The molecule has 0 saturated carbocycles. The number of hydrogen-bond acceptors (Lipinski definition) is 6. The van der Waals surface area contributed by atoms with Gasteiger partial charge in [0.05, 0.1) is 12.1 Å². The molecule has 4 rings (SSSR count). The van der Waals surface area contributed by atoms with Gasteiger partial charge in [-0.15, -0.1) is 0 Å². The molecule has 9 nitrogen and oxygen atoms in total. The van der Waals surface area contributed by atoms with Crippen LogP contribution in [0.25, 0.3) is 10.9 Å². The van der Waals surface area contributed by atoms with E-state index in [1.165, 1.54) is 0 Å². The van der Waals surface area contributed by atoms with Crippen molar-refractivity contribution in [1.82, 2.24) is 19.8 Å². The van der Waals surface area contributed by atoms with Crippen LogP contribution in [-0.2, 0) is 11.3 Å². The van der Waals surface area contributed by atoms with E-state index >= 15 is 0 Å². The first-order chi connectivity index (χ1) is 17.2. The van der Waals surface area contributed by atoms with Gasteiger partial charge in [-0.25, -0.2) is 14.8 Å². The fraction of sp³-hybridized carbons (Fsp3) is 0.407. The average molecular weight is 490 g/mol. The first-order valence-electron chi connectivity index (χ1n) is 12.4. The number of primary amides is 1. The Morgan fingerprint density at radius 2 is 1.64 bits per heavy atom. The highest BCUT2D eigenvalue weighted by atomic mass is 16.2. The van der Waals surface area contributed by atoms with Crippen molar-refractivity contribution in [3.8, 4) is 0 Å². The zero-order valence-corrected chi connectivity index (χ0v) is 21.4. The summed E-state index contributed by atoms with van der Waals surface area (Å²) >= 11 is 0. The second-order valence-corrected chi connectivity index (χ2v) is 9.73. The molecule has 0 unspecified atom stereocenters. The maximum Gasteiger partial charge on any atom is 0.321 e. The lowest BCUT2D eigenvalue weighted by atomic mass is 10.0. The number of anilines is 2. The van der Waals surface area contributed by atoms with Gasteiger partial charge in [0, 0.05) is 37.3 Å². The fourth-order valence-electron chi connectivity index (χ4n) is 4.53. The van der Waals surface area contributed by atoms with Gasteiger partial charge in [0.1, 0.15) is 17.7 Å². The molecule has 3 amide bonds. The van der Waals surface area contributed by atoms with E-state index in [1.807, 2.05) is 75.1 Å². The Morgan fingerprint density at radius 1 is 0.972 bits per heavy atom. The number of nitrogens with zero attached hydrogens (tertiary/aromatic N) is 4. The first-order valence-corrected chi connectivity index (χ1v) is 12.4. The summed E-state index contributed by atoms with van der Waals surface area (Å²) in [6, 6.07) is 13.1. The number of fused-ring (bicyclic) bond motifs is 1. The number of nitrogens with two attached hydrogens (primary N) is 1. The smallest absolute Gasteiger partial charge is 0.321 e. The lowest BCUT2D eigenvalue weighted by molar-refractivity contribution is -0.119. The van der Waals surface area contributed by atoms with E-state index in [0.717, 1.165) is 40.8 Å². The third kappa shape index (κ3) is 5.73. The normalized spacial score (nSPS) is 15.2. The topological polar surface area (TPSA) is 116 Å². The van der Waals surface area contributed by atoms with Crippen molar-refractivity contribution in [3.05, 3.63) is 59.4 Å². The van der Waals surface area contributed by atoms with E-state index in [0.29, 0.717) is 31.3 Å². The van der Waals surface area contributed by atoms with Gasteiger partial charge in [-0.3, -0.25) is 9.69 Å². The monoisotopic (exact) mass is 489 g/mol. The van der Waals surface area contributed by atoms with Gasteiger partial charge in [-0.2, -0.15) is 0 Å². The molecule has 1 fully saturated rings. The number of carbonyl (C=O) groups is 2. The molecule has 0 spiro atoms. The third-order valence-electron chi connectivity index (χ3n) is 6.65. The summed E-state index contributed by atoms with van der Waals surface area (Å²) < 4.78 is 0. The van der Waals surface area contributed by atoms with Crippen LogP contribution in [-0.4, -0.2) is 63.9 Å². The van der Waals surface area contributed by atoms with Crippen LogP contribution in [0.5, 0.6) is 0 Å². The Balaban J connectivity index is 1.44. The van der Waals surface area contributed by atoms with Crippen LogP contribution in [0.1, 0.15) is 30.8 Å². The number of aryl methyl sites for hydroxylation is 2. The number of piperazine rings is 1. The van der Waals surface area contributed by atoms with Crippen molar-refractivity contribution in [3.63, 3.8) is 0 Å². The van der Waals surface area contributed by atoms with Crippen LogP contribution in [0, 0.1) is 19.8 Å². The van der Waals surface area contributed by atoms with E-state index in [2.05, 4.69) is 15.5 Å². The molecule has 190 valence electrons. The van der Waals surface area contributed by atoms with Crippen molar-refractivity contribution in [1.29, 1.82) is 0 Å². The second-order valence-electron chi connectivity index (χ2n) is 9.73. The quantitative estimate of drug-likeness (QED) is 0.468. The number of aromatic nitrogens is 2. The van der Waals surface area contributed by atoms with Gasteiger partial charge in [0.2, 0.25) is 5.91 Å². The Labute approximate surface area is 212 Å². The molecule has 4 N–H and O–H groups in total. The molecule has 1 aliphatic heterocycles. The van der Waals surface area contributed by atoms with E-state index in [9.17, 15) is 9.59 Å². The summed E-state index contributed by atoms with van der Waals surface area (Å²) in [6.45, 7) is 11.1. The van der Waals surface area contributed by atoms with E-state index in [4.69, 9.17) is 15.7 Å². The number of amides is 3. The van der Waals surface area contributed by atoms with E-state index in [-0.39, 0.29) is 11.9 Å². The van der Waals surface area contributed by atoms with Crippen molar-refractivity contribution in [2.24, 2.45) is 11.7 Å². The molecule has 0 aliphatic carbocycles. The zero-order chi connectivity index (χ0) is 25.8. The maximum atomic E-state index is 12.9. The van der Waals surface area contributed by atoms with Crippen LogP contribution < -0.4 is 16.4 Å². The van der Waals surface area contributed by atoms with Crippen molar-refractivity contribution >= 4 is 34.3 Å². The molecule has 0 radical (unpaired) electrons. The Morgan fingerprint density at radius 3 is 2.28 bits per heavy atom. The lowest BCUT2D eigenvalue weighted by Gasteiger charge is -2.34. The predicted molar refractivity (Wildman–Crippen MR) is 143 cm³/mol. The Kier molecular flexibility index (Phi) is 7.69. The highest BCUT2D eigenvalue weighted by Gasteiger charge is 2.24. The summed E-state index contributed by atoms with van der Waals surface area (Å²) in [5, 5.41) is 7.17. The summed E-state index contributed by atoms with van der Waals surface area (Å²) in [5.41, 5.74) is 9.42. The minimum Gasteiger partial charge on any atom is -0.368 e. The molecule has 0 bridgehead atoms. The lowest BCUT2D eigenvalue weighted by Crippen LogP contribution is -2.49. The van der Waals surface area contributed by atoms with Crippen LogP contribution in [0.3, 0.4) is 0 Å². The standard InChI is InChI=1S/C27H35N7O2/c1-17(2)23(25(28)35)31-26-20-10-5-6-11-21(20)29-22(30-26)16-33-12-14-34(15-13-33)27(36)32-24-18(3)8-7-9-19(24)4/h5-11,17,23H,12-16H2,1-4H3,(H2,28,35)(H,32,36)(H,29,30,31)/t23-/m0/s1. The minimum absolute atomic E-state index is 0.0161. The van der Waals surface area contributed by atoms with Crippen LogP contribution in [0.15, 0.2) is 42.5 Å². The fourth-order valence-corrected chi connectivity index (χ4v) is 4.53. The summed E-state index contributed by atoms with van der Waals surface area (Å²) in [5.74, 6) is 0.878. The van der Waals surface area contributed by atoms with Gasteiger partial charge in [0.15, 0.2) is 0 Å². The maximum absolute atomic E-state index is 12.9. The molecule has 1 aromatic heterocycles. The van der Waals surface area contributed by atoms with Crippen molar-refractivity contribution in [2.75, 3.05) is 36.8 Å². The van der Waals surface area contributed by atoms with Gasteiger partial charge in [0.25, 0.3) is 0 Å². The Bertz CT molecular complexity index is 1230. The predicted octanol–water partition coefficient (Wildman–Crippen LogP) is 3.52. The molecule has 1 atom stereocenters. The molecule has 3 aromatic rings. The number of rotatable bonds is 7. The summed E-state index contributed by atoms with van der Waals surface area (Å²) in [4.78, 5) is 38.5. The van der Waals surface area contributed by atoms with Gasteiger partial charge in [-0.1, -0.05) is 44.2 Å². The highest BCUT2D eigenvalue weighted by molar-refractivity contribution is 5.92. The van der Waals surface area contributed by atoms with Crippen LogP contribution in [0.4, 0.5) is 16.3 Å². The minimum atomic E-state index is -0.532. The van der Waals surface area contributed by atoms with Crippen LogP contribution in [0.2, 0.25) is 0 Å². The largest absolute Gasteiger partial charge is 0.368 e. The van der Waals surface area contributed by atoms with Gasteiger partial charge >= 0.3 is 6.03 Å². The van der Waals surface area contributed by atoms with Gasteiger partial charge in [-0.05, 0) is 43.0 Å². The second kappa shape index (κ2) is 10.9. The third-order valence-corrected chi connectivity index (χ3v) is 6.65. The molecule has 2 heterocycles. The number of para-hydroxylation sites is 2. The molecule has 36 heavy (non-hydrogen) atoms. The number of benzene rings is 2. The van der Waals surface area contributed by atoms with Crippen molar-refractivity contribution in [2.45, 2.75) is 40.3 Å². The van der Waals surface area contributed by atoms with Crippen LogP contribution >= 0.6 is 0 Å². The number of nitrogens with one attached hydrogen (secondary N) is 2. The molecule has 9 heteroatoms. The molecule has 2 aromatic carbocycles. The average Bonchev–Trinajstić information content (AvgIpc) is 2.84. The first kappa shape index (κ1) is 25.4. The van der Waals surface area contributed by atoms with Crippen molar-refractivity contribution < 1.29 is 9.59 Å². The Hall–Kier alpha value is -3.72. The number of urea groups is 1. The van der Waals surface area contributed by atoms with E-state index in [1.54, 1.807) is 0 Å². The molecular formula is C27H35N7O2. The molecular weight excluding hydrogens is 454 g/mol. The zero-order valence-electron chi connectivity index (χ0n) is 21.4. The highest BCUT2D eigenvalue weighted by Crippen LogP contribution is 2.23. The van der Waals surface area contributed by atoms with Gasteiger partial charge < -0.3 is 21.3 Å². The number of carbonyl (C=O) groups excluding carboxylic acids is 2. The summed E-state index contributed by atoms with van der Waals surface area (Å²) in [7, 11) is 0. The molecule has 1 aliphatic rings. The van der Waals surface area contributed by atoms with E-state index < -0.39 is 11.9 Å². The molecule has 1 saturated heterocycles.